The summed E-state index contributed by atoms with van der Waals surface area (Å²) in [6, 6.07) is 7.54. The number of urea groups is 1. The van der Waals surface area contributed by atoms with E-state index in [1.807, 2.05) is 52.9 Å². The highest BCUT2D eigenvalue weighted by molar-refractivity contribution is 7.99. The van der Waals surface area contributed by atoms with E-state index in [0.29, 0.717) is 17.3 Å². The van der Waals surface area contributed by atoms with Crippen molar-refractivity contribution in [2.75, 3.05) is 37.0 Å². The van der Waals surface area contributed by atoms with Gasteiger partial charge in [-0.25, -0.2) is 4.79 Å². The lowest BCUT2D eigenvalue weighted by atomic mass is 9.94. The van der Waals surface area contributed by atoms with Gasteiger partial charge in [0.1, 0.15) is 0 Å². The summed E-state index contributed by atoms with van der Waals surface area (Å²) in [5.41, 5.74) is 1.19. The summed E-state index contributed by atoms with van der Waals surface area (Å²) in [6.45, 7) is 1.52. The summed E-state index contributed by atoms with van der Waals surface area (Å²) in [6.07, 6.45) is 5.78. The number of benzene rings is 1. The third kappa shape index (κ3) is 4.48. The number of carbonyl (C=O) groups is 2. The van der Waals surface area contributed by atoms with Crippen LogP contribution in [0.25, 0.3) is 0 Å². The van der Waals surface area contributed by atoms with E-state index in [9.17, 15) is 9.59 Å². The summed E-state index contributed by atoms with van der Waals surface area (Å²) < 4.78 is 0. The fourth-order valence-corrected chi connectivity index (χ4v) is 4.47. The molecule has 136 valence electrons. The highest BCUT2D eigenvalue weighted by atomic mass is 32.2. The van der Waals surface area contributed by atoms with Gasteiger partial charge in [-0.1, -0.05) is 31.4 Å². The van der Waals surface area contributed by atoms with Crippen molar-refractivity contribution >= 4 is 29.4 Å². The van der Waals surface area contributed by atoms with E-state index >= 15 is 0 Å². The third-order valence-electron chi connectivity index (χ3n) is 5.14. The first-order valence-corrected chi connectivity index (χ1v) is 10.3. The topological polar surface area (TPSA) is 52.7 Å². The Bertz CT molecular complexity index is 610. The van der Waals surface area contributed by atoms with Gasteiger partial charge in [-0.3, -0.25) is 4.79 Å². The van der Waals surface area contributed by atoms with Gasteiger partial charge in [0, 0.05) is 37.7 Å². The van der Waals surface area contributed by atoms with Crippen molar-refractivity contribution in [2.24, 2.45) is 0 Å². The maximum absolute atomic E-state index is 13.0. The second-order valence-electron chi connectivity index (χ2n) is 6.78. The van der Waals surface area contributed by atoms with Crippen LogP contribution >= 0.6 is 11.8 Å². The average molecular weight is 362 g/mol. The molecule has 1 aliphatic heterocycles. The van der Waals surface area contributed by atoms with Crippen LogP contribution in [0.2, 0.25) is 0 Å². The second-order valence-corrected chi connectivity index (χ2v) is 8.01. The zero-order chi connectivity index (χ0) is 17.6. The number of thioether (sulfide) groups is 1. The van der Waals surface area contributed by atoms with Gasteiger partial charge in [0.25, 0.3) is 5.91 Å². The van der Waals surface area contributed by atoms with Gasteiger partial charge in [-0.2, -0.15) is 11.8 Å². The minimum absolute atomic E-state index is 0.00278. The molecule has 1 aromatic carbocycles. The molecule has 0 aromatic heterocycles. The molecule has 1 saturated carbocycles. The monoisotopic (exact) mass is 361 g/mol. The number of hydrogen-bond acceptors (Lipinski definition) is 3. The Morgan fingerprint density at radius 2 is 1.80 bits per heavy atom. The lowest BCUT2D eigenvalue weighted by Gasteiger charge is -2.32. The maximum Gasteiger partial charge on any atom is 0.321 e. The highest BCUT2D eigenvalue weighted by Gasteiger charge is 2.25. The summed E-state index contributed by atoms with van der Waals surface area (Å²) in [5.74, 6) is 1.94. The van der Waals surface area contributed by atoms with E-state index in [1.165, 1.54) is 19.3 Å². The van der Waals surface area contributed by atoms with Gasteiger partial charge in [-0.05, 0) is 25.0 Å². The lowest BCUT2D eigenvalue weighted by Crippen LogP contribution is -2.41. The van der Waals surface area contributed by atoms with Crippen molar-refractivity contribution in [1.82, 2.24) is 9.80 Å². The van der Waals surface area contributed by atoms with E-state index < -0.39 is 0 Å². The summed E-state index contributed by atoms with van der Waals surface area (Å²) in [5, 5.41) is 2.95. The quantitative estimate of drug-likeness (QED) is 0.894. The fraction of sp³-hybridized carbons (Fsp3) is 0.579. The van der Waals surface area contributed by atoms with Gasteiger partial charge in [-0.15, -0.1) is 0 Å². The molecule has 0 atom stereocenters. The molecule has 0 bridgehead atoms. The summed E-state index contributed by atoms with van der Waals surface area (Å²) in [4.78, 5) is 29.2. The Kier molecular flexibility index (Phi) is 6.24. The Balaban J connectivity index is 1.71. The van der Waals surface area contributed by atoms with Crippen LogP contribution in [0.1, 0.15) is 42.5 Å². The molecule has 0 spiro atoms. The second kappa shape index (κ2) is 8.61. The molecule has 0 unspecified atom stereocenters. The van der Waals surface area contributed by atoms with Crippen LogP contribution in [0.3, 0.4) is 0 Å². The number of nitrogens with one attached hydrogen (secondary N) is 1. The van der Waals surface area contributed by atoms with Crippen molar-refractivity contribution in [3.8, 4) is 0 Å². The SMILES string of the molecule is CN(C(=O)c1ccccc1NC(=O)N1CCSCC1)C1CCCCC1. The highest BCUT2D eigenvalue weighted by Crippen LogP contribution is 2.25. The lowest BCUT2D eigenvalue weighted by molar-refractivity contribution is 0.0697. The minimum Gasteiger partial charge on any atom is -0.339 e. The molecule has 1 heterocycles. The normalized spacial score (nSPS) is 18.7. The molecule has 1 aliphatic carbocycles. The van der Waals surface area contributed by atoms with Gasteiger partial charge in [0.15, 0.2) is 0 Å². The molecule has 2 fully saturated rings. The van der Waals surface area contributed by atoms with Gasteiger partial charge < -0.3 is 15.1 Å². The number of anilines is 1. The standard InChI is InChI=1S/C19H27N3O2S/c1-21(15-7-3-2-4-8-15)18(23)16-9-5-6-10-17(16)20-19(24)22-11-13-25-14-12-22/h5-6,9-10,15H,2-4,7-8,11-14H2,1H3,(H,20,24). The average Bonchev–Trinajstić information content (AvgIpc) is 2.68. The van der Waals surface area contributed by atoms with Crippen molar-refractivity contribution in [1.29, 1.82) is 0 Å². The summed E-state index contributed by atoms with van der Waals surface area (Å²) in [7, 11) is 1.89. The van der Waals surface area contributed by atoms with Crippen LogP contribution < -0.4 is 5.32 Å². The van der Waals surface area contributed by atoms with Crippen molar-refractivity contribution in [3.05, 3.63) is 29.8 Å². The molecule has 3 rings (SSSR count). The van der Waals surface area contributed by atoms with Crippen LogP contribution in [0, 0.1) is 0 Å². The minimum atomic E-state index is -0.110. The molecule has 1 aromatic rings. The number of hydrogen-bond donors (Lipinski definition) is 1. The van der Waals surface area contributed by atoms with Crippen LogP contribution in [-0.4, -0.2) is 59.4 Å². The van der Waals surface area contributed by atoms with Gasteiger partial charge in [0.05, 0.1) is 11.3 Å². The summed E-state index contributed by atoms with van der Waals surface area (Å²) >= 11 is 1.87. The van der Waals surface area contributed by atoms with Crippen LogP contribution in [0.15, 0.2) is 24.3 Å². The number of amides is 3. The molecule has 5 nitrogen and oxygen atoms in total. The first-order valence-electron chi connectivity index (χ1n) is 9.16. The molecular formula is C19H27N3O2S. The van der Waals surface area contributed by atoms with Crippen LogP contribution in [0.4, 0.5) is 10.5 Å². The van der Waals surface area contributed by atoms with E-state index in [1.54, 1.807) is 0 Å². The predicted octanol–water partition coefficient (Wildman–Crippen LogP) is 3.67. The van der Waals surface area contributed by atoms with Gasteiger partial charge >= 0.3 is 6.03 Å². The van der Waals surface area contributed by atoms with E-state index in [2.05, 4.69) is 5.32 Å². The Morgan fingerprint density at radius 1 is 1.12 bits per heavy atom. The Labute approximate surface area is 154 Å². The number of rotatable bonds is 3. The fourth-order valence-electron chi connectivity index (χ4n) is 3.56. The number of carbonyl (C=O) groups excluding carboxylic acids is 2. The van der Waals surface area contributed by atoms with Crippen molar-refractivity contribution in [3.63, 3.8) is 0 Å². The first-order chi connectivity index (χ1) is 12.2. The van der Waals surface area contributed by atoms with E-state index in [-0.39, 0.29) is 11.9 Å². The van der Waals surface area contributed by atoms with Crippen LogP contribution in [0.5, 0.6) is 0 Å². The van der Waals surface area contributed by atoms with Crippen LogP contribution in [-0.2, 0) is 0 Å². The molecule has 6 heteroatoms. The Morgan fingerprint density at radius 3 is 2.52 bits per heavy atom. The van der Waals surface area contributed by atoms with E-state index in [4.69, 9.17) is 0 Å². The molecule has 3 amide bonds. The molecule has 0 radical (unpaired) electrons. The molecular weight excluding hydrogens is 334 g/mol. The zero-order valence-electron chi connectivity index (χ0n) is 14.9. The maximum atomic E-state index is 13.0. The van der Waals surface area contributed by atoms with Gasteiger partial charge in [0.2, 0.25) is 0 Å². The number of para-hydroxylation sites is 1. The molecule has 1 saturated heterocycles. The van der Waals surface area contributed by atoms with E-state index in [0.717, 1.165) is 37.4 Å². The Hall–Kier alpha value is -1.69. The molecule has 2 aliphatic rings. The van der Waals surface area contributed by atoms with Crippen molar-refractivity contribution < 1.29 is 9.59 Å². The number of nitrogens with zero attached hydrogens (tertiary/aromatic N) is 2. The predicted molar refractivity (Wildman–Crippen MR) is 103 cm³/mol. The first kappa shape index (κ1) is 18.1. The molecule has 1 N–H and O–H groups in total. The smallest absolute Gasteiger partial charge is 0.321 e. The zero-order valence-corrected chi connectivity index (χ0v) is 15.7. The largest absolute Gasteiger partial charge is 0.339 e. The van der Waals surface area contributed by atoms with Crippen molar-refractivity contribution in [2.45, 2.75) is 38.1 Å². The molecule has 25 heavy (non-hydrogen) atoms. The third-order valence-corrected chi connectivity index (χ3v) is 6.08.